The van der Waals surface area contributed by atoms with Gasteiger partial charge in [-0.15, -0.1) is 0 Å². The number of primary amides is 2. The van der Waals surface area contributed by atoms with Crippen LogP contribution in [-0.4, -0.2) is 58.6 Å². The number of halogens is 1. The molecule has 3 aromatic rings. The molecule has 2 aromatic carbocycles. The molecule has 204 valence electrons. The summed E-state index contributed by atoms with van der Waals surface area (Å²) in [7, 11) is 0. The molecule has 0 aliphatic carbocycles. The van der Waals surface area contributed by atoms with Gasteiger partial charge in [-0.25, -0.2) is 9.37 Å². The fraction of sp³-hybridized carbons (Fsp3) is 0.269. The number of nitrogen functional groups attached to an aromatic ring is 1. The molecule has 0 bridgehead atoms. The Balaban J connectivity index is 1.48. The first-order valence-corrected chi connectivity index (χ1v) is 12.8. The largest absolute Gasteiger partial charge is 0.484 e. The number of rotatable bonds is 10. The summed E-state index contributed by atoms with van der Waals surface area (Å²) in [5, 5.41) is 0.239. The fourth-order valence-corrected chi connectivity index (χ4v) is 5.29. The monoisotopic (exact) mass is 554 g/mol. The Kier molecular flexibility index (Phi) is 8.10. The summed E-state index contributed by atoms with van der Waals surface area (Å²) in [6, 6.07) is 10.0. The molecule has 0 saturated carbocycles. The minimum Gasteiger partial charge on any atom is -0.484 e. The summed E-state index contributed by atoms with van der Waals surface area (Å²) in [5.74, 6) is -2.09. The average molecular weight is 555 g/mol. The number of ether oxygens (including phenoxy) is 1. The van der Waals surface area contributed by atoms with Crippen LogP contribution in [0.1, 0.15) is 35.0 Å². The van der Waals surface area contributed by atoms with Crippen LogP contribution in [0.25, 0.3) is 0 Å². The Hall–Kier alpha value is -4.52. The van der Waals surface area contributed by atoms with E-state index in [9.17, 15) is 23.6 Å². The van der Waals surface area contributed by atoms with Crippen LogP contribution in [0.15, 0.2) is 48.5 Å². The van der Waals surface area contributed by atoms with E-state index in [0.717, 1.165) is 11.3 Å². The van der Waals surface area contributed by atoms with Crippen molar-refractivity contribution in [1.82, 2.24) is 9.88 Å². The predicted molar refractivity (Wildman–Crippen MR) is 143 cm³/mol. The van der Waals surface area contributed by atoms with Crippen molar-refractivity contribution in [3.8, 4) is 5.75 Å². The van der Waals surface area contributed by atoms with Crippen LogP contribution in [0.2, 0.25) is 0 Å². The second-order valence-corrected chi connectivity index (χ2v) is 9.90. The Labute approximate surface area is 227 Å². The number of amides is 3. The standard InChI is InChI=1S/C26H27FN6O5S/c1-14(24(29)36)33(17-8-6-16(27)7-9-17)26-31-23(28)22(39-26)21(35)15-4-10-18(11-5-15)38-13-20(34)32-12-2-3-19(32)25(30)37/h4-11,14,19H,2-3,12-13,28H2,1H3,(H2,29,36)(H2,30,37)/t14?,19-/m0/s1. The highest BCUT2D eigenvalue weighted by atomic mass is 32.1. The summed E-state index contributed by atoms with van der Waals surface area (Å²) in [4.78, 5) is 56.5. The van der Waals surface area contributed by atoms with E-state index < -0.39 is 35.5 Å². The zero-order valence-electron chi connectivity index (χ0n) is 21.0. The van der Waals surface area contributed by atoms with Crippen LogP contribution >= 0.6 is 11.3 Å². The van der Waals surface area contributed by atoms with E-state index in [-0.39, 0.29) is 28.3 Å². The highest BCUT2D eigenvalue weighted by molar-refractivity contribution is 7.18. The Morgan fingerprint density at radius 3 is 2.41 bits per heavy atom. The van der Waals surface area contributed by atoms with Crippen LogP contribution in [0.3, 0.4) is 0 Å². The highest BCUT2D eigenvalue weighted by Gasteiger charge is 2.33. The Morgan fingerprint density at radius 1 is 1.13 bits per heavy atom. The Morgan fingerprint density at radius 2 is 1.79 bits per heavy atom. The maximum Gasteiger partial charge on any atom is 0.261 e. The van der Waals surface area contributed by atoms with E-state index in [1.165, 1.54) is 58.3 Å². The van der Waals surface area contributed by atoms with E-state index in [1.54, 1.807) is 6.92 Å². The van der Waals surface area contributed by atoms with Gasteiger partial charge in [0, 0.05) is 17.8 Å². The van der Waals surface area contributed by atoms with Crippen LogP contribution < -0.4 is 26.8 Å². The van der Waals surface area contributed by atoms with Crippen molar-refractivity contribution in [3.05, 3.63) is 64.8 Å². The molecule has 0 radical (unpaired) electrons. The predicted octanol–water partition coefficient (Wildman–Crippen LogP) is 1.96. The number of hydrogen-bond donors (Lipinski definition) is 3. The lowest BCUT2D eigenvalue weighted by Crippen LogP contribution is -2.45. The number of thiazole rings is 1. The number of nitrogens with zero attached hydrogens (tertiary/aromatic N) is 3. The van der Waals surface area contributed by atoms with Gasteiger partial charge in [-0.3, -0.25) is 19.2 Å². The molecule has 2 atom stereocenters. The molecule has 1 saturated heterocycles. The molecule has 1 aliphatic heterocycles. The molecular weight excluding hydrogens is 527 g/mol. The smallest absolute Gasteiger partial charge is 0.261 e. The van der Waals surface area contributed by atoms with Gasteiger partial charge in [0.05, 0.1) is 0 Å². The lowest BCUT2D eigenvalue weighted by Gasteiger charge is -2.26. The fourth-order valence-electron chi connectivity index (χ4n) is 4.24. The zero-order chi connectivity index (χ0) is 28.3. The highest BCUT2D eigenvalue weighted by Crippen LogP contribution is 2.36. The number of nitrogens with two attached hydrogens (primary N) is 3. The SMILES string of the molecule is CC(C(N)=O)N(c1ccc(F)cc1)c1nc(N)c(C(=O)c2ccc(OCC(=O)N3CCC[C@H]3C(N)=O)cc2)s1. The van der Waals surface area contributed by atoms with Crippen molar-refractivity contribution in [2.75, 3.05) is 23.8 Å². The molecule has 1 aliphatic rings. The van der Waals surface area contributed by atoms with Gasteiger partial charge in [0.15, 0.2) is 11.7 Å². The number of hydrogen-bond acceptors (Lipinski definition) is 9. The van der Waals surface area contributed by atoms with Crippen LogP contribution in [0.4, 0.5) is 21.0 Å². The second-order valence-electron chi connectivity index (χ2n) is 8.93. The van der Waals surface area contributed by atoms with E-state index in [1.807, 2.05) is 0 Å². The third-order valence-corrected chi connectivity index (χ3v) is 7.41. The first-order valence-electron chi connectivity index (χ1n) is 12.0. The zero-order valence-corrected chi connectivity index (χ0v) is 21.8. The van der Waals surface area contributed by atoms with Crippen LogP contribution in [0.5, 0.6) is 5.75 Å². The third kappa shape index (κ3) is 5.98. The van der Waals surface area contributed by atoms with Crippen LogP contribution in [0, 0.1) is 5.82 Å². The van der Waals surface area contributed by atoms with E-state index in [2.05, 4.69) is 4.98 Å². The van der Waals surface area contributed by atoms with Gasteiger partial charge in [-0.1, -0.05) is 11.3 Å². The minimum atomic E-state index is -0.859. The number of carbonyl (C=O) groups excluding carboxylic acids is 4. The normalized spacial score (nSPS) is 15.5. The molecule has 4 rings (SSSR count). The summed E-state index contributed by atoms with van der Waals surface area (Å²) < 4.78 is 19.0. The van der Waals surface area contributed by atoms with Gasteiger partial charge in [-0.2, -0.15) is 0 Å². The summed E-state index contributed by atoms with van der Waals surface area (Å²) in [5.41, 5.74) is 17.7. The van der Waals surface area contributed by atoms with Crippen molar-refractivity contribution in [2.24, 2.45) is 11.5 Å². The quantitative estimate of drug-likeness (QED) is 0.319. The Bertz CT molecular complexity index is 1390. The van der Waals surface area contributed by atoms with E-state index >= 15 is 0 Å². The number of aromatic nitrogens is 1. The average Bonchev–Trinajstić information content (AvgIpc) is 3.56. The van der Waals surface area contributed by atoms with Gasteiger partial charge in [0.25, 0.3) is 5.91 Å². The topological polar surface area (TPSA) is 175 Å². The van der Waals surface area contributed by atoms with Crippen molar-refractivity contribution in [2.45, 2.75) is 31.8 Å². The maximum absolute atomic E-state index is 13.5. The van der Waals surface area contributed by atoms with E-state index in [0.29, 0.717) is 36.4 Å². The van der Waals surface area contributed by atoms with Gasteiger partial charge in [0.2, 0.25) is 17.6 Å². The molecule has 11 nitrogen and oxygen atoms in total. The van der Waals surface area contributed by atoms with Crippen LogP contribution in [-0.2, 0) is 14.4 Å². The molecule has 0 spiro atoms. The lowest BCUT2D eigenvalue weighted by molar-refractivity contribution is -0.138. The molecule has 6 N–H and O–H groups in total. The molecule has 1 fully saturated rings. The second kappa shape index (κ2) is 11.5. The number of likely N-dealkylation sites (tertiary alicyclic amines) is 1. The van der Waals surface area contributed by atoms with Gasteiger partial charge < -0.3 is 31.7 Å². The molecular formula is C26H27FN6O5S. The van der Waals surface area contributed by atoms with Crippen molar-refractivity contribution >= 4 is 51.5 Å². The third-order valence-electron chi connectivity index (χ3n) is 6.34. The van der Waals surface area contributed by atoms with Gasteiger partial charge >= 0.3 is 0 Å². The molecule has 1 unspecified atom stereocenters. The summed E-state index contributed by atoms with van der Waals surface area (Å²) >= 11 is 0.970. The summed E-state index contributed by atoms with van der Waals surface area (Å²) in [6.45, 7) is 1.73. The van der Waals surface area contributed by atoms with Gasteiger partial charge in [0.1, 0.15) is 34.3 Å². The minimum absolute atomic E-state index is 0.0377. The molecule has 13 heteroatoms. The van der Waals surface area contributed by atoms with Crippen molar-refractivity contribution < 1.29 is 28.3 Å². The summed E-state index contributed by atoms with van der Waals surface area (Å²) in [6.07, 6.45) is 1.23. The molecule has 2 heterocycles. The first kappa shape index (κ1) is 27.5. The lowest BCUT2D eigenvalue weighted by atomic mass is 10.1. The number of anilines is 3. The number of carbonyl (C=O) groups is 4. The van der Waals surface area contributed by atoms with Crippen molar-refractivity contribution in [3.63, 3.8) is 0 Å². The van der Waals surface area contributed by atoms with Gasteiger partial charge in [-0.05, 0) is 68.3 Å². The first-order chi connectivity index (χ1) is 18.6. The van der Waals surface area contributed by atoms with E-state index in [4.69, 9.17) is 21.9 Å². The maximum atomic E-state index is 13.5. The molecule has 3 amide bonds. The number of benzene rings is 2. The van der Waals surface area contributed by atoms with Crippen molar-refractivity contribution in [1.29, 1.82) is 0 Å². The molecule has 1 aromatic heterocycles. The molecule has 39 heavy (non-hydrogen) atoms. The number of ketones is 1.